The van der Waals surface area contributed by atoms with Crippen molar-refractivity contribution in [3.63, 3.8) is 0 Å². The predicted molar refractivity (Wildman–Crippen MR) is 100 cm³/mol. The molecule has 0 saturated heterocycles. The Hall–Kier alpha value is -2.51. The van der Waals surface area contributed by atoms with Gasteiger partial charge < -0.3 is 10.1 Å². The molecule has 0 bridgehead atoms. The molecule has 0 radical (unpaired) electrons. The third-order valence-electron chi connectivity index (χ3n) is 3.24. The Kier molecular flexibility index (Phi) is 7.50. The molecule has 8 heteroatoms. The van der Waals surface area contributed by atoms with Gasteiger partial charge in [-0.15, -0.1) is 11.8 Å². The van der Waals surface area contributed by atoms with E-state index in [9.17, 15) is 14.4 Å². The maximum atomic E-state index is 12.3. The Labute approximate surface area is 160 Å². The summed E-state index contributed by atoms with van der Waals surface area (Å²) in [4.78, 5) is 36.6. The highest BCUT2D eigenvalue weighted by molar-refractivity contribution is 8.00. The Morgan fingerprint density at radius 3 is 2.38 bits per heavy atom. The molecule has 136 valence electrons. The fourth-order valence-electron chi connectivity index (χ4n) is 2.00. The van der Waals surface area contributed by atoms with Gasteiger partial charge in [-0.25, -0.2) is 4.79 Å². The Morgan fingerprint density at radius 1 is 1.08 bits per heavy atom. The molecule has 0 saturated carbocycles. The van der Waals surface area contributed by atoms with Crippen molar-refractivity contribution in [3.05, 3.63) is 65.2 Å². The molecule has 0 fully saturated rings. The number of hydrogen-bond acceptors (Lipinski definition) is 5. The van der Waals surface area contributed by atoms with Crippen molar-refractivity contribution in [1.82, 2.24) is 10.6 Å². The molecule has 2 rings (SSSR count). The van der Waals surface area contributed by atoms with E-state index in [0.29, 0.717) is 10.6 Å². The number of carbonyl (C=O) groups is 3. The van der Waals surface area contributed by atoms with Crippen LogP contribution in [0.15, 0.2) is 59.5 Å². The normalized spacial score (nSPS) is 11.3. The number of rotatable bonds is 6. The van der Waals surface area contributed by atoms with E-state index in [0.717, 1.165) is 4.90 Å². The number of imide groups is 1. The number of thioether (sulfide) groups is 1. The van der Waals surface area contributed by atoms with Gasteiger partial charge in [0.25, 0.3) is 5.91 Å². The minimum atomic E-state index is -1.23. The fourth-order valence-corrected chi connectivity index (χ4v) is 3.03. The molecule has 26 heavy (non-hydrogen) atoms. The van der Waals surface area contributed by atoms with Gasteiger partial charge in [-0.3, -0.25) is 14.9 Å². The lowest BCUT2D eigenvalue weighted by atomic mass is 10.1. The first kappa shape index (κ1) is 19.8. The van der Waals surface area contributed by atoms with Crippen LogP contribution in [0, 0.1) is 0 Å². The summed E-state index contributed by atoms with van der Waals surface area (Å²) in [6, 6.07) is 14.9. The van der Waals surface area contributed by atoms with Crippen LogP contribution in [0.4, 0.5) is 4.79 Å². The molecule has 0 aliphatic rings. The molecule has 3 amide bonds. The molecular formula is C18H17ClN2O4S. The largest absolute Gasteiger partial charge is 0.447 e. The molecule has 0 aromatic heterocycles. The summed E-state index contributed by atoms with van der Waals surface area (Å²) in [6.45, 7) is 0. The van der Waals surface area contributed by atoms with Crippen LogP contribution in [0.2, 0.25) is 5.02 Å². The lowest BCUT2D eigenvalue weighted by Gasteiger charge is -2.17. The van der Waals surface area contributed by atoms with Crippen LogP contribution in [-0.2, 0) is 14.3 Å². The first-order chi connectivity index (χ1) is 12.5. The van der Waals surface area contributed by atoms with Gasteiger partial charge in [0.15, 0.2) is 0 Å². The number of hydrogen-bond donors (Lipinski definition) is 2. The van der Waals surface area contributed by atoms with Crippen LogP contribution in [0.1, 0.15) is 11.7 Å². The van der Waals surface area contributed by atoms with Crippen LogP contribution in [0.5, 0.6) is 0 Å². The van der Waals surface area contributed by atoms with E-state index in [1.54, 1.807) is 48.5 Å². The van der Waals surface area contributed by atoms with Gasteiger partial charge in [0, 0.05) is 17.5 Å². The summed E-state index contributed by atoms with van der Waals surface area (Å²) >= 11 is 7.26. The molecule has 1 unspecified atom stereocenters. The first-order valence-electron chi connectivity index (χ1n) is 7.65. The van der Waals surface area contributed by atoms with E-state index in [2.05, 4.69) is 10.6 Å². The number of amides is 3. The number of ether oxygens (including phenoxy) is 1. The zero-order chi connectivity index (χ0) is 18.9. The van der Waals surface area contributed by atoms with Gasteiger partial charge in [-0.2, -0.15) is 0 Å². The minimum absolute atomic E-state index is 0.0275. The molecule has 2 aromatic rings. The van der Waals surface area contributed by atoms with E-state index in [4.69, 9.17) is 16.3 Å². The van der Waals surface area contributed by atoms with E-state index in [1.165, 1.54) is 18.8 Å². The molecule has 0 spiro atoms. The van der Waals surface area contributed by atoms with Gasteiger partial charge in [0.05, 0.1) is 10.8 Å². The van der Waals surface area contributed by atoms with Crippen molar-refractivity contribution in [3.8, 4) is 0 Å². The van der Waals surface area contributed by atoms with Crippen LogP contribution < -0.4 is 10.6 Å². The second kappa shape index (κ2) is 9.84. The maximum Gasteiger partial charge on any atom is 0.321 e. The number of urea groups is 1. The topological polar surface area (TPSA) is 84.5 Å². The van der Waals surface area contributed by atoms with E-state index in [1.807, 2.05) is 6.07 Å². The molecular weight excluding hydrogens is 376 g/mol. The monoisotopic (exact) mass is 392 g/mol. The average Bonchev–Trinajstić information content (AvgIpc) is 2.66. The molecule has 0 heterocycles. The standard InChI is InChI=1S/C18H17ClN2O4S/c1-20-18(24)21-17(23)16(12-7-3-2-4-8-12)25-15(22)11-26-14-10-6-5-9-13(14)19/h2-10,16H,11H2,1H3,(H2,20,21,23,24). The van der Waals surface area contributed by atoms with E-state index in [-0.39, 0.29) is 5.75 Å². The Balaban J connectivity index is 2.06. The first-order valence-corrected chi connectivity index (χ1v) is 9.02. The van der Waals surface area contributed by atoms with Gasteiger partial charge in [0.2, 0.25) is 6.10 Å². The lowest BCUT2D eigenvalue weighted by molar-refractivity contribution is -0.153. The van der Waals surface area contributed by atoms with Crippen LogP contribution >= 0.6 is 23.4 Å². The summed E-state index contributed by atoms with van der Waals surface area (Å²) < 4.78 is 5.31. The van der Waals surface area contributed by atoms with Gasteiger partial charge in [-0.1, -0.05) is 54.1 Å². The van der Waals surface area contributed by atoms with Gasteiger partial charge in [-0.05, 0) is 12.1 Å². The summed E-state index contributed by atoms with van der Waals surface area (Å²) in [7, 11) is 1.38. The Morgan fingerprint density at radius 2 is 1.73 bits per heavy atom. The highest BCUT2D eigenvalue weighted by atomic mass is 35.5. The molecule has 2 N–H and O–H groups in total. The molecule has 1 atom stereocenters. The SMILES string of the molecule is CNC(=O)NC(=O)C(OC(=O)CSc1ccccc1Cl)c1ccccc1. The minimum Gasteiger partial charge on any atom is -0.447 e. The third-order valence-corrected chi connectivity index (χ3v) is 4.72. The van der Waals surface area contributed by atoms with E-state index < -0.39 is 24.0 Å². The van der Waals surface area contributed by atoms with E-state index >= 15 is 0 Å². The number of nitrogens with one attached hydrogen (secondary N) is 2. The van der Waals surface area contributed by atoms with Crippen molar-refractivity contribution in [2.75, 3.05) is 12.8 Å². The zero-order valence-electron chi connectivity index (χ0n) is 13.9. The Bertz CT molecular complexity index is 786. The maximum absolute atomic E-state index is 12.3. The van der Waals surface area contributed by atoms with Gasteiger partial charge >= 0.3 is 12.0 Å². The number of esters is 1. The molecule has 0 aliphatic heterocycles. The zero-order valence-corrected chi connectivity index (χ0v) is 15.5. The average molecular weight is 393 g/mol. The highest BCUT2D eigenvalue weighted by Crippen LogP contribution is 2.27. The number of carbonyl (C=O) groups excluding carboxylic acids is 3. The molecule has 6 nitrogen and oxygen atoms in total. The fraction of sp³-hybridized carbons (Fsp3) is 0.167. The number of halogens is 1. The summed E-state index contributed by atoms with van der Waals surface area (Å²) in [5.41, 5.74) is 0.463. The highest BCUT2D eigenvalue weighted by Gasteiger charge is 2.26. The van der Waals surface area contributed by atoms with Gasteiger partial charge in [0.1, 0.15) is 0 Å². The molecule has 2 aromatic carbocycles. The van der Waals surface area contributed by atoms with Crippen LogP contribution in [0.25, 0.3) is 0 Å². The third kappa shape index (κ3) is 5.79. The van der Waals surface area contributed by atoms with Crippen molar-refractivity contribution in [2.45, 2.75) is 11.0 Å². The predicted octanol–water partition coefficient (Wildman–Crippen LogP) is 3.17. The smallest absolute Gasteiger partial charge is 0.321 e. The van der Waals surface area contributed by atoms with Crippen molar-refractivity contribution in [2.24, 2.45) is 0 Å². The second-order valence-corrected chi connectivity index (χ2v) is 6.49. The second-order valence-electron chi connectivity index (χ2n) is 5.07. The quantitative estimate of drug-likeness (QED) is 0.582. The van der Waals surface area contributed by atoms with Crippen LogP contribution in [-0.4, -0.2) is 30.7 Å². The summed E-state index contributed by atoms with van der Waals surface area (Å²) in [5.74, 6) is -1.36. The number of benzene rings is 2. The lowest BCUT2D eigenvalue weighted by Crippen LogP contribution is -2.41. The van der Waals surface area contributed by atoms with Crippen molar-refractivity contribution >= 4 is 41.3 Å². The van der Waals surface area contributed by atoms with Crippen molar-refractivity contribution in [1.29, 1.82) is 0 Å². The van der Waals surface area contributed by atoms with Crippen molar-refractivity contribution < 1.29 is 19.1 Å². The molecule has 0 aliphatic carbocycles. The summed E-state index contributed by atoms with van der Waals surface area (Å²) in [6.07, 6.45) is -1.23. The van der Waals surface area contributed by atoms with Crippen LogP contribution in [0.3, 0.4) is 0 Å². The summed E-state index contributed by atoms with van der Waals surface area (Å²) in [5, 5.41) is 4.93.